The van der Waals surface area contributed by atoms with Crippen LogP contribution in [-0.2, 0) is 67.1 Å². The van der Waals surface area contributed by atoms with Gasteiger partial charge in [-0.2, -0.15) is 15.3 Å². The van der Waals surface area contributed by atoms with Crippen molar-refractivity contribution in [2.75, 3.05) is 19.8 Å². The molecule has 648 valence electrons. The van der Waals surface area contributed by atoms with E-state index in [9.17, 15) is 46.3 Å². The van der Waals surface area contributed by atoms with E-state index in [1.54, 1.807) is 44.2 Å². The van der Waals surface area contributed by atoms with Crippen molar-refractivity contribution in [2.24, 2.45) is 53.3 Å². The number of carbonyl (C=O) groups is 6. The first-order chi connectivity index (χ1) is 59.5. The van der Waals surface area contributed by atoms with Gasteiger partial charge >= 0.3 is 17.9 Å². The van der Waals surface area contributed by atoms with Gasteiger partial charge in [0.25, 0.3) is 17.7 Å². The fraction of sp³-hybridized carbons (Fsp3) is 0.469. The zero-order valence-electron chi connectivity index (χ0n) is 69.1. The van der Waals surface area contributed by atoms with Crippen LogP contribution >= 0.6 is 34.8 Å². The number of benzene rings is 6. The van der Waals surface area contributed by atoms with Gasteiger partial charge in [-0.1, -0.05) is 90.5 Å². The lowest BCUT2D eigenvalue weighted by molar-refractivity contribution is -0.151. The molecule has 18 rings (SSSR count). The van der Waals surface area contributed by atoms with E-state index in [4.69, 9.17) is 54.1 Å². The van der Waals surface area contributed by atoms with E-state index < -0.39 is 41.0 Å². The standard InChI is InChI=1S/C32H34Cl3N3O3.2C32H34F3N3O3/c2*1-2-41-32(40)27-19-10-11-20(16-19)28(27)36-31(39)29-24-9-4-3-7-21(14-18-6-5-8-22(33)15-18)30(24)38(37-29)26-13-12-23(34)17-25(26)35;1-2-41-32(40)27-19-9-10-20(16-19)28(27)36-31(39)29-24-6-4-3-5-21(15-18-7-11-22(33)12-8-18)30(24)38(37-29)26-14-13-23(34)17-25(26)35/h2*5-6,8,12-13,15,17,19-21,27-28H,2-4,7,9-11,14,16H2,1H3,(H,36,39);7-8,11-14,17,19-21,27-28H,2-6,9-10,15-16H2,1H3,(H,36,39)/t3*19?,20?,21?,27-,28+/m111/s1. The lowest BCUT2D eigenvalue weighted by Crippen LogP contribution is -2.47. The third kappa shape index (κ3) is 18.4. The van der Waals surface area contributed by atoms with E-state index >= 15 is 8.78 Å². The molecule has 0 radical (unpaired) electrons. The van der Waals surface area contributed by atoms with Crippen LogP contribution in [0, 0.1) is 88.2 Å². The van der Waals surface area contributed by atoms with Crippen LogP contribution in [0.4, 0.5) is 26.3 Å². The van der Waals surface area contributed by atoms with Crippen LogP contribution in [0.25, 0.3) is 17.1 Å². The maximum absolute atomic E-state index is 15.2. The summed E-state index contributed by atoms with van der Waals surface area (Å²) in [4.78, 5) is 80.5. The summed E-state index contributed by atoms with van der Waals surface area (Å²) in [6.07, 6.45) is 20.0. The fourth-order valence-electron chi connectivity index (χ4n) is 22.2. The summed E-state index contributed by atoms with van der Waals surface area (Å²) in [5.41, 5.74) is 9.30. The third-order valence-electron chi connectivity index (χ3n) is 27.4. The minimum atomic E-state index is -0.786. The molecule has 3 aromatic heterocycles. The average Bonchev–Trinajstić information content (AvgIpc) is 1.61. The van der Waals surface area contributed by atoms with E-state index in [0.29, 0.717) is 64.4 Å². The molecule has 0 aliphatic heterocycles. The van der Waals surface area contributed by atoms with Gasteiger partial charge in [-0.05, 0) is 287 Å². The molecule has 0 spiro atoms. The molecule has 6 bridgehead atoms. The smallest absolute Gasteiger partial charge is 0.311 e. The van der Waals surface area contributed by atoms with Gasteiger partial charge in [0.1, 0.15) is 34.6 Å². The van der Waals surface area contributed by atoms with Crippen LogP contribution in [0.15, 0.2) is 127 Å². The van der Waals surface area contributed by atoms with Gasteiger partial charge in [-0.25, -0.2) is 40.4 Å². The highest BCUT2D eigenvalue weighted by Gasteiger charge is 2.56. The summed E-state index contributed by atoms with van der Waals surface area (Å²) in [7, 11) is 0. The number of carbonyl (C=O) groups excluding carboxylic acids is 6. The van der Waals surface area contributed by atoms with E-state index in [1.807, 2.05) is 41.9 Å². The topological polar surface area (TPSA) is 220 Å². The van der Waals surface area contributed by atoms with Crippen LogP contribution in [0.3, 0.4) is 0 Å². The summed E-state index contributed by atoms with van der Waals surface area (Å²) < 4.78 is 107. The van der Waals surface area contributed by atoms with Crippen LogP contribution in [0.1, 0.15) is 236 Å². The first-order valence-electron chi connectivity index (χ1n) is 43.9. The first kappa shape index (κ1) is 86.7. The monoisotopic (exact) mass is 1740 g/mol. The van der Waals surface area contributed by atoms with Crippen molar-refractivity contribution in [1.82, 2.24) is 45.3 Å². The molecule has 123 heavy (non-hydrogen) atoms. The highest BCUT2D eigenvalue weighted by atomic mass is 35.5. The Bertz CT molecular complexity index is 5230. The Balaban J connectivity index is 0.000000137. The normalized spacial score (nSPS) is 25.0. The second-order valence-corrected chi connectivity index (χ2v) is 36.1. The zero-order chi connectivity index (χ0) is 86.0. The molecule has 0 saturated heterocycles. The predicted molar refractivity (Wildman–Crippen MR) is 453 cm³/mol. The number of nitrogens with zero attached hydrogens (tertiary/aromatic N) is 6. The Morgan fingerprint density at radius 2 is 0.724 bits per heavy atom. The number of hydrogen-bond donors (Lipinski definition) is 3. The van der Waals surface area contributed by atoms with Crippen LogP contribution in [0.5, 0.6) is 0 Å². The van der Waals surface area contributed by atoms with Gasteiger partial charge in [0.2, 0.25) is 0 Å². The maximum atomic E-state index is 15.2. The second kappa shape index (κ2) is 38.0. The number of ether oxygens (including phenoxy) is 3. The van der Waals surface area contributed by atoms with Crippen molar-refractivity contribution < 1.29 is 69.3 Å². The fourth-order valence-corrected chi connectivity index (χ4v) is 22.9. The van der Waals surface area contributed by atoms with Crippen LogP contribution in [0.2, 0.25) is 15.1 Å². The lowest BCUT2D eigenvalue weighted by Gasteiger charge is -2.30. The number of aromatic nitrogens is 6. The molecule has 3 N–H and O–H groups in total. The molecule has 15 atom stereocenters. The summed E-state index contributed by atoms with van der Waals surface area (Å²) >= 11 is 19.3. The Hall–Kier alpha value is -9.78. The number of halogens is 9. The molecular weight excluding hydrogens is 1640 g/mol. The molecule has 9 aliphatic carbocycles. The molecule has 27 heteroatoms. The average molecular weight is 1750 g/mol. The van der Waals surface area contributed by atoms with Gasteiger partial charge in [-0.3, -0.25) is 28.8 Å². The van der Waals surface area contributed by atoms with Crippen molar-refractivity contribution in [3.63, 3.8) is 0 Å². The molecule has 3 heterocycles. The van der Waals surface area contributed by atoms with Crippen LogP contribution in [-0.4, -0.2) is 103 Å². The Labute approximate surface area is 726 Å². The van der Waals surface area contributed by atoms with Gasteiger partial charge in [0.15, 0.2) is 28.7 Å². The molecule has 18 nitrogen and oxygen atoms in total. The maximum Gasteiger partial charge on any atom is 0.311 e. The molecule has 6 saturated carbocycles. The van der Waals surface area contributed by atoms with Crippen molar-refractivity contribution in [2.45, 2.75) is 211 Å². The highest BCUT2D eigenvalue weighted by Crippen LogP contribution is 2.53. The minimum Gasteiger partial charge on any atom is -0.466 e. The van der Waals surface area contributed by atoms with Gasteiger partial charge < -0.3 is 30.2 Å². The molecule has 6 fully saturated rings. The predicted octanol–water partition coefficient (Wildman–Crippen LogP) is 19.7. The highest BCUT2D eigenvalue weighted by molar-refractivity contribution is 6.35. The number of nitrogens with one attached hydrogen (secondary N) is 3. The van der Waals surface area contributed by atoms with Gasteiger partial charge in [0.05, 0.1) is 65.4 Å². The van der Waals surface area contributed by atoms with Crippen molar-refractivity contribution in [3.8, 4) is 17.1 Å². The molecule has 9 aromatic rings. The summed E-state index contributed by atoms with van der Waals surface area (Å²) in [6, 6.07) is 31.7. The van der Waals surface area contributed by atoms with Crippen molar-refractivity contribution in [3.05, 3.63) is 245 Å². The largest absolute Gasteiger partial charge is 0.466 e. The lowest BCUT2D eigenvalue weighted by atomic mass is 9.84. The summed E-state index contributed by atoms with van der Waals surface area (Å²) in [5, 5.41) is 25.5. The number of fused-ring (bicyclic) bond motifs is 9. The van der Waals surface area contributed by atoms with E-state index in [1.165, 1.54) is 57.9 Å². The Morgan fingerprint density at radius 3 is 1.11 bits per heavy atom. The minimum absolute atomic E-state index is 0.0529. The number of esters is 3. The Kier molecular flexibility index (Phi) is 26.8. The third-order valence-corrected chi connectivity index (χ3v) is 28.2. The number of hydrogen-bond acceptors (Lipinski definition) is 12. The van der Waals surface area contributed by atoms with Crippen LogP contribution < -0.4 is 16.0 Å². The molecular formula is C96H102Cl3F6N9O9. The van der Waals surface area contributed by atoms with Gasteiger partial charge in [-0.15, -0.1) is 0 Å². The van der Waals surface area contributed by atoms with Gasteiger partial charge in [0, 0.05) is 74.7 Å². The SMILES string of the molecule is CCOC(=O)[C@@H]1C2CCC(C2)[C@@H]1NC(=O)c1nn(-c2ccc(Cl)cc2Cl)c2c1CCCCC2Cc1cccc(Cl)c1.CCOC(=O)[C@@H]1C2CCC(C2)[C@@H]1NC(=O)c1nn(-c2ccc(F)cc2F)c2c1CCCCC2Cc1ccc(F)cc1.CCOC(=O)[C@@H]1C2CCC(C2)[C@@H]1NC(=O)c1nn(-c2ccc(F)cc2F)c2c1CCCCC2Cc1cccc(F)c1. The van der Waals surface area contributed by atoms with E-state index in [-0.39, 0.29) is 155 Å². The van der Waals surface area contributed by atoms with Crippen molar-refractivity contribution in [1.29, 1.82) is 0 Å². The molecule has 3 amide bonds. The molecule has 9 unspecified atom stereocenters. The molecule has 6 aromatic carbocycles. The second-order valence-electron chi connectivity index (χ2n) is 34.8. The van der Waals surface area contributed by atoms with E-state index in [0.717, 1.165) is 185 Å². The Morgan fingerprint density at radius 1 is 0.374 bits per heavy atom. The molecule has 9 aliphatic rings. The summed E-state index contributed by atoms with van der Waals surface area (Å²) in [6.45, 7) is 6.27. The first-order valence-corrected chi connectivity index (χ1v) is 45.0. The number of amides is 3. The van der Waals surface area contributed by atoms with E-state index in [2.05, 4.69) is 32.2 Å². The zero-order valence-corrected chi connectivity index (χ0v) is 71.4. The van der Waals surface area contributed by atoms with Crippen molar-refractivity contribution >= 4 is 70.4 Å². The quantitative estimate of drug-likeness (QED) is 0.0265. The summed E-state index contributed by atoms with van der Waals surface area (Å²) in [5.74, 6) is -5.39. The number of rotatable bonds is 21.